The molecule has 1 atom stereocenters. The fraction of sp³-hybridized carbons (Fsp3) is 0.471. The molecule has 3 N–H and O–H groups in total. The molecule has 0 saturated heterocycles. The van der Waals surface area contributed by atoms with E-state index < -0.39 is 5.91 Å². The van der Waals surface area contributed by atoms with Crippen LogP contribution < -0.4 is 15.8 Å². The molecule has 2 rings (SSSR count). The summed E-state index contributed by atoms with van der Waals surface area (Å²) in [6.07, 6.45) is 8.60. The van der Waals surface area contributed by atoms with Crippen LogP contribution in [0.4, 0.5) is 0 Å². The van der Waals surface area contributed by atoms with E-state index in [1.807, 2.05) is 82.3 Å². The lowest BCUT2D eigenvalue weighted by Crippen LogP contribution is -2.29. The highest BCUT2D eigenvalue weighted by molar-refractivity contribution is 6.01. The molecule has 11 nitrogen and oxygen atoms in total. The van der Waals surface area contributed by atoms with E-state index in [4.69, 9.17) is 29.5 Å². The summed E-state index contributed by atoms with van der Waals surface area (Å²) in [6, 6.07) is 14.6. The normalized spacial score (nSPS) is 12.0. The number of allylic oxidation sites excluding steroid dienone is 2. The van der Waals surface area contributed by atoms with Gasteiger partial charge in [-0.2, -0.15) is 5.26 Å². The predicted molar refractivity (Wildman–Crippen MR) is 177 cm³/mol. The summed E-state index contributed by atoms with van der Waals surface area (Å²) in [5.41, 5.74) is 7.63. The molecule has 1 unspecified atom stereocenters. The minimum Gasteiger partial charge on any atom is -0.488 e. The zero-order valence-electron chi connectivity index (χ0n) is 27.1. The van der Waals surface area contributed by atoms with Crippen molar-refractivity contribution < 1.29 is 28.6 Å². The third-order valence-electron chi connectivity index (χ3n) is 5.86. The van der Waals surface area contributed by atoms with Gasteiger partial charge in [0.2, 0.25) is 0 Å². The van der Waals surface area contributed by atoms with Crippen LogP contribution in [-0.2, 0) is 23.8 Å². The Hall–Kier alpha value is -4.08. The number of nitrogens with two attached hydrogens (primary N) is 1. The number of rotatable bonds is 21. The van der Waals surface area contributed by atoms with Gasteiger partial charge in [-0.1, -0.05) is 48.9 Å². The monoisotopic (exact) mass is 623 g/mol. The lowest BCUT2D eigenvalue weighted by Gasteiger charge is -2.19. The molecule has 0 spiro atoms. The molecule has 0 aliphatic heterocycles. The van der Waals surface area contributed by atoms with Gasteiger partial charge >= 0.3 is 0 Å². The van der Waals surface area contributed by atoms with E-state index in [0.29, 0.717) is 64.2 Å². The molecule has 0 fully saturated rings. The number of carbonyl (C=O) groups is 1. The minimum absolute atomic E-state index is 0.00601. The molecular formula is C34H49N5O6. The van der Waals surface area contributed by atoms with Crippen molar-refractivity contribution in [2.45, 2.75) is 46.6 Å². The van der Waals surface area contributed by atoms with Gasteiger partial charge in [-0.3, -0.25) is 9.78 Å². The predicted octanol–water partition coefficient (Wildman–Crippen LogP) is 4.93. The van der Waals surface area contributed by atoms with Crippen LogP contribution in [-0.4, -0.2) is 76.5 Å². The highest BCUT2D eigenvalue weighted by atomic mass is 16.6. The lowest BCUT2D eigenvalue weighted by molar-refractivity contribution is -0.117. The van der Waals surface area contributed by atoms with Crippen molar-refractivity contribution in [1.82, 2.24) is 10.3 Å². The number of benzene rings is 1. The molecule has 45 heavy (non-hydrogen) atoms. The van der Waals surface area contributed by atoms with Crippen molar-refractivity contribution in [3.05, 3.63) is 77.1 Å². The Balaban J connectivity index is 0.00000238. The average Bonchev–Trinajstić information content (AvgIpc) is 3.05. The summed E-state index contributed by atoms with van der Waals surface area (Å²) in [5, 5.41) is 16.4. The third kappa shape index (κ3) is 19.0. The molecule has 2 aromatic rings. The van der Waals surface area contributed by atoms with Crippen LogP contribution in [0.3, 0.4) is 0 Å². The molecule has 0 radical (unpaired) electrons. The molecule has 0 aliphatic rings. The maximum absolute atomic E-state index is 12.9. The van der Waals surface area contributed by atoms with E-state index in [1.54, 1.807) is 6.07 Å². The first-order chi connectivity index (χ1) is 22.0. The van der Waals surface area contributed by atoms with Crippen molar-refractivity contribution in [2.24, 2.45) is 10.9 Å². The first-order valence-electron chi connectivity index (χ1n) is 15.2. The molecule has 1 heterocycles. The van der Waals surface area contributed by atoms with E-state index >= 15 is 0 Å². The van der Waals surface area contributed by atoms with Gasteiger partial charge in [0.15, 0.2) is 0 Å². The molecule has 11 heteroatoms. The number of hydrogen-bond acceptors (Lipinski definition) is 10. The highest BCUT2D eigenvalue weighted by Crippen LogP contribution is 2.22. The third-order valence-corrected chi connectivity index (χ3v) is 5.86. The summed E-state index contributed by atoms with van der Waals surface area (Å²) in [7, 11) is 0. The summed E-state index contributed by atoms with van der Waals surface area (Å²) in [5.74, 6) is 0.218. The smallest absolute Gasteiger partial charge is 0.262 e. The summed E-state index contributed by atoms with van der Waals surface area (Å²) in [6.45, 7) is 11.9. The number of carbonyl (C=O) groups excluding carboxylic acids is 1. The summed E-state index contributed by atoms with van der Waals surface area (Å²) in [4.78, 5) is 22.3. The van der Waals surface area contributed by atoms with Crippen molar-refractivity contribution in [1.29, 1.82) is 5.26 Å². The number of oxime groups is 1. The average molecular weight is 624 g/mol. The van der Waals surface area contributed by atoms with Gasteiger partial charge in [0.05, 0.1) is 57.6 Å². The minimum atomic E-state index is -0.436. The van der Waals surface area contributed by atoms with E-state index in [9.17, 15) is 10.1 Å². The van der Waals surface area contributed by atoms with Gasteiger partial charge in [-0.15, -0.1) is 0 Å². The zero-order valence-corrected chi connectivity index (χ0v) is 27.1. The van der Waals surface area contributed by atoms with E-state index in [0.717, 1.165) is 24.1 Å². The second-order valence-electron chi connectivity index (χ2n) is 9.48. The van der Waals surface area contributed by atoms with Gasteiger partial charge in [0, 0.05) is 12.2 Å². The Morgan fingerprint density at radius 2 is 1.64 bits per heavy atom. The standard InChI is InChI=1S/C30H41N5O6.C4H8/c1-3-5-29(35-30(36)26(23-32)22-27-7-4-6-24(2)34-27)25-8-10-28(11-9-25)40-15-13-33-41-21-20-39-19-18-38-17-16-37-14-12-31;1-3-4-2/h4,6-11,13,22,29H,3,5,12,14-21,31H2,1-2H3,(H,35,36);3-4H,1-2H3/b26-22+,33-13+;4-3-. The second kappa shape index (κ2) is 26.3. The van der Waals surface area contributed by atoms with Gasteiger partial charge in [-0.25, -0.2) is 0 Å². The fourth-order valence-corrected chi connectivity index (χ4v) is 3.57. The first kappa shape index (κ1) is 38.9. The molecule has 246 valence electrons. The SMILES string of the molecule is C/C=C\C.CCCC(NC(=O)/C(C#N)=C/c1cccc(C)n1)c1ccc(OC/C=N/OCCOCCOCCOCCN)cc1. The van der Waals surface area contributed by atoms with Crippen LogP contribution in [0.2, 0.25) is 0 Å². The van der Waals surface area contributed by atoms with Crippen LogP contribution >= 0.6 is 0 Å². The Morgan fingerprint density at radius 1 is 1.00 bits per heavy atom. The van der Waals surface area contributed by atoms with Gasteiger partial charge < -0.3 is 34.8 Å². The van der Waals surface area contributed by atoms with Crippen LogP contribution in [0.1, 0.15) is 56.6 Å². The van der Waals surface area contributed by atoms with Crippen molar-refractivity contribution in [3.63, 3.8) is 0 Å². The number of hydrogen-bond donors (Lipinski definition) is 2. The summed E-state index contributed by atoms with van der Waals surface area (Å²) < 4.78 is 21.6. The molecule has 1 aromatic heterocycles. The Morgan fingerprint density at radius 3 is 2.22 bits per heavy atom. The van der Waals surface area contributed by atoms with Crippen molar-refractivity contribution in [2.75, 3.05) is 59.4 Å². The van der Waals surface area contributed by atoms with E-state index in [2.05, 4.69) is 15.5 Å². The first-order valence-corrected chi connectivity index (χ1v) is 15.2. The maximum Gasteiger partial charge on any atom is 0.262 e. The molecule has 1 amide bonds. The number of amides is 1. The number of nitrogens with zero attached hydrogens (tertiary/aromatic N) is 3. The summed E-state index contributed by atoms with van der Waals surface area (Å²) >= 11 is 0. The molecule has 0 saturated carbocycles. The van der Waals surface area contributed by atoms with Crippen LogP contribution in [0.15, 0.2) is 65.3 Å². The lowest BCUT2D eigenvalue weighted by atomic mass is 10.0. The largest absolute Gasteiger partial charge is 0.488 e. The van der Waals surface area contributed by atoms with E-state index in [-0.39, 0.29) is 18.2 Å². The number of nitrogens with one attached hydrogen (secondary N) is 1. The Kier molecular flexibility index (Phi) is 22.8. The van der Waals surface area contributed by atoms with Crippen molar-refractivity contribution in [3.8, 4) is 11.8 Å². The molecule has 0 bridgehead atoms. The number of pyridine rings is 1. The Labute approximate surface area is 268 Å². The number of nitriles is 1. The van der Waals surface area contributed by atoms with Crippen LogP contribution in [0.25, 0.3) is 6.08 Å². The molecular weight excluding hydrogens is 574 g/mol. The Bertz CT molecular complexity index is 1190. The van der Waals surface area contributed by atoms with Crippen LogP contribution in [0.5, 0.6) is 5.75 Å². The number of ether oxygens (including phenoxy) is 4. The number of aryl methyl sites for hydroxylation is 1. The topological polar surface area (TPSA) is 150 Å². The molecule has 1 aromatic carbocycles. The van der Waals surface area contributed by atoms with Crippen molar-refractivity contribution >= 4 is 18.2 Å². The van der Waals surface area contributed by atoms with Crippen LogP contribution in [0, 0.1) is 18.3 Å². The maximum atomic E-state index is 12.9. The van der Waals surface area contributed by atoms with Gasteiger partial charge in [-0.05, 0) is 63.1 Å². The second-order valence-corrected chi connectivity index (χ2v) is 9.48. The van der Waals surface area contributed by atoms with Gasteiger partial charge in [0.25, 0.3) is 5.91 Å². The zero-order chi connectivity index (χ0) is 33.0. The quantitative estimate of drug-likeness (QED) is 0.0493. The van der Waals surface area contributed by atoms with Gasteiger partial charge in [0.1, 0.15) is 30.6 Å². The fourth-order valence-electron chi connectivity index (χ4n) is 3.57. The number of aromatic nitrogens is 1. The molecule has 0 aliphatic carbocycles. The highest BCUT2D eigenvalue weighted by Gasteiger charge is 2.17. The van der Waals surface area contributed by atoms with E-state index in [1.165, 1.54) is 12.3 Å².